The lowest BCUT2D eigenvalue weighted by molar-refractivity contribution is -0.147. The van der Waals surface area contributed by atoms with Crippen molar-refractivity contribution >= 4 is 33.2 Å². The molecule has 1 saturated heterocycles. The second-order valence-electron chi connectivity index (χ2n) is 8.08. The van der Waals surface area contributed by atoms with E-state index in [0.717, 1.165) is 23.3 Å². The number of phenolic OH excluding ortho intramolecular Hbond substituents is 1. The normalized spacial score (nSPS) is 20.8. The number of carbonyl (C=O) groups is 1. The number of likely N-dealkylation sites (tertiary alicyclic amines) is 1. The number of phenols is 1. The molecule has 12 heteroatoms. The minimum absolute atomic E-state index is 0.0282. The van der Waals surface area contributed by atoms with Gasteiger partial charge >= 0.3 is 12.2 Å². The van der Waals surface area contributed by atoms with Gasteiger partial charge in [-0.2, -0.15) is 13.2 Å². The molecule has 0 saturated carbocycles. The molecule has 0 radical (unpaired) electrons. The minimum atomic E-state index is -4.36. The quantitative estimate of drug-likeness (QED) is 0.422. The van der Waals surface area contributed by atoms with Crippen molar-refractivity contribution in [1.82, 2.24) is 10.2 Å². The van der Waals surface area contributed by atoms with E-state index >= 15 is 0 Å². The molecule has 1 aromatic rings. The van der Waals surface area contributed by atoms with Gasteiger partial charge in [-0.25, -0.2) is 13.2 Å². The Morgan fingerprint density at radius 1 is 1.25 bits per heavy atom. The second kappa shape index (κ2) is 9.48. The molecule has 0 aromatic heterocycles. The molecular formula is C20H25ClF3N3O4S. The molecule has 3 rings (SSSR count). The molecule has 1 unspecified atom stereocenters. The Morgan fingerprint density at radius 3 is 2.47 bits per heavy atom. The average Bonchev–Trinajstić information content (AvgIpc) is 3.07. The molecule has 1 atom stereocenters. The molecule has 0 bridgehead atoms. The zero-order valence-corrected chi connectivity index (χ0v) is 18.9. The number of nitrogens with one attached hydrogen (secondary N) is 2. The molecule has 1 aromatic carbocycles. The van der Waals surface area contributed by atoms with E-state index in [0.29, 0.717) is 0 Å². The molecular weight excluding hydrogens is 471 g/mol. The number of alkyl halides is 3. The van der Waals surface area contributed by atoms with E-state index < -0.39 is 44.5 Å². The van der Waals surface area contributed by atoms with E-state index in [-0.39, 0.29) is 42.7 Å². The smallest absolute Gasteiger partial charge is 0.401 e. The number of urea groups is 1. The van der Waals surface area contributed by atoms with Crippen LogP contribution in [-0.2, 0) is 9.84 Å². The Morgan fingerprint density at radius 2 is 1.91 bits per heavy atom. The number of carbonyl (C=O) groups excluding carboxylic acids is 1. The summed E-state index contributed by atoms with van der Waals surface area (Å²) in [6.07, 6.45) is -0.818. The van der Waals surface area contributed by atoms with Crippen molar-refractivity contribution in [1.29, 1.82) is 0 Å². The van der Waals surface area contributed by atoms with Gasteiger partial charge in [-0.05, 0) is 57.8 Å². The SMILES string of the molecule is CC1=CCCC1NC(=O)Nc1ccc(Cl)c(S(=O)(=O)C2CCN(CC(F)(F)F)CC2)c1O. The van der Waals surface area contributed by atoms with Crippen LogP contribution in [0.2, 0.25) is 5.02 Å². The number of nitrogens with zero attached hydrogens (tertiary/aromatic N) is 1. The summed E-state index contributed by atoms with van der Waals surface area (Å²) in [5.74, 6) is -0.691. The summed E-state index contributed by atoms with van der Waals surface area (Å²) in [5, 5.41) is 14.6. The number of sulfone groups is 1. The van der Waals surface area contributed by atoms with Crippen LogP contribution in [-0.4, -0.2) is 61.6 Å². The van der Waals surface area contributed by atoms with E-state index in [4.69, 9.17) is 11.6 Å². The van der Waals surface area contributed by atoms with Gasteiger partial charge in [0.1, 0.15) is 4.90 Å². The van der Waals surface area contributed by atoms with Gasteiger partial charge in [0.25, 0.3) is 0 Å². The predicted molar refractivity (Wildman–Crippen MR) is 115 cm³/mol. The summed E-state index contributed by atoms with van der Waals surface area (Å²) in [6, 6.07) is 1.80. The van der Waals surface area contributed by atoms with Crippen molar-refractivity contribution in [3.63, 3.8) is 0 Å². The molecule has 1 fully saturated rings. The predicted octanol–water partition coefficient (Wildman–Crippen LogP) is 4.08. The maximum atomic E-state index is 13.2. The fraction of sp³-hybridized carbons (Fsp3) is 0.550. The van der Waals surface area contributed by atoms with Crippen molar-refractivity contribution < 1.29 is 31.5 Å². The van der Waals surface area contributed by atoms with Crippen molar-refractivity contribution in [3.05, 3.63) is 28.8 Å². The molecule has 7 nitrogen and oxygen atoms in total. The third kappa shape index (κ3) is 5.68. The summed E-state index contributed by atoms with van der Waals surface area (Å²) < 4.78 is 64.1. The number of rotatable bonds is 5. The molecule has 178 valence electrons. The summed E-state index contributed by atoms with van der Waals surface area (Å²) in [5.41, 5.74) is 0.889. The first-order chi connectivity index (χ1) is 14.9. The lowest BCUT2D eigenvalue weighted by Gasteiger charge is -2.32. The number of hydrogen-bond donors (Lipinski definition) is 3. The number of anilines is 1. The molecule has 3 N–H and O–H groups in total. The third-order valence-electron chi connectivity index (χ3n) is 5.77. The average molecular weight is 496 g/mol. The van der Waals surface area contributed by atoms with Gasteiger partial charge in [-0.1, -0.05) is 23.3 Å². The van der Waals surface area contributed by atoms with Crippen LogP contribution in [0.25, 0.3) is 0 Å². The first-order valence-electron chi connectivity index (χ1n) is 10.2. The molecule has 1 heterocycles. The molecule has 1 aliphatic heterocycles. The minimum Gasteiger partial charge on any atom is -0.504 e. The Balaban J connectivity index is 1.74. The summed E-state index contributed by atoms with van der Waals surface area (Å²) in [4.78, 5) is 12.9. The Kier molecular flexibility index (Phi) is 7.31. The number of hydrogen-bond acceptors (Lipinski definition) is 5. The fourth-order valence-corrected chi connectivity index (χ4v) is 6.43. The Hall–Kier alpha value is -1.98. The molecule has 1 aliphatic carbocycles. The summed E-state index contributed by atoms with van der Waals surface area (Å²) in [7, 11) is -4.15. The van der Waals surface area contributed by atoms with Crippen molar-refractivity contribution in [3.8, 4) is 5.75 Å². The highest BCUT2D eigenvalue weighted by atomic mass is 35.5. The number of benzene rings is 1. The standard InChI is InChI=1S/C20H25ClF3N3O4S/c1-12-3-2-4-15(12)25-19(29)26-16-6-5-14(21)18(17(16)28)32(30,31)13-7-9-27(10-8-13)11-20(22,23)24/h3,5-6,13,15,28H,2,4,7-11H2,1H3,(H2,25,26,29). The van der Waals surface area contributed by atoms with Gasteiger partial charge < -0.3 is 15.7 Å². The number of allylic oxidation sites excluding steroid dienone is 1. The highest BCUT2D eigenvalue weighted by Gasteiger charge is 2.38. The fourth-order valence-electron chi connectivity index (χ4n) is 4.07. The van der Waals surface area contributed by atoms with Crippen molar-refractivity contribution in [2.24, 2.45) is 0 Å². The van der Waals surface area contributed by atoms with E-state index in [1.165, 1.54) is 12.1 Å². The van der Waals surface area contributed by atoms with Crippen LogP contribution in [0.1, 0.15) is 32.6 Å². The maximum Gasteiger partial charge on any atom is 0.401 e. The van der Waals surface area contributed by atoms with Crippen LogP contribution in [0.4, 0.5) is 23.7 Å². The monoisotopic (exact) mass is 495 g/mol. The topological polar surface area (TPSA) is 98.7 Å². The molecule has 0 spiro atoms. The van der Waals surface area contributed by atoms with Gasteiger partial charge in [0.2, 0.25) is 0 Å². The first-order valence-corrected chi connectivity index (χ1v) is 12.1. The van der Waals surface area contributed by atoms with Gasteiger partial charge in [-0.3, -0.25) is 4.90 Å². The van der Waals surface area contributed by atoms with Gasteiger partial charge in [0, 0.05) is 0 Å². The molecule has 32 heavy (non-hydrogen) atoms. The van der Waals surface area contributed by atoms with Gasteiger partial charge in [0.15, 0.2) is 15.6 Å². The van der Waals surface area contributed by atoms with Crippen LogP contribution in [0, 0.1) is 0 Å². The van der Waals surface area contributed by atoms with Gasteiger partial charge in [0.05, 0.1) is 28.5 Å². The number of aromatic hydroxyl groups is 1. The van der Waals surface area contributed by atoms with E-state index in [1.807, 2.05) is 13.0 Å². The highest BCUT2D eigenvalue weighted by Crippen LogP contribution is 2.40. The van der Waals surface area contributed by atoms with Crippen LogP contribution in [0.15, 0.2) is 28.7 Å². The zero-order chi connectivity index (χ0) is 23.7. The van der Waals surface area contributed by atoms with Crippen LogP contribution in [0.3, 0.4) is 0 Å². The Labute approximate surface area is 189 Å². The Bertz CT molecular complexity index is 1010. The van der Waals surface area contributed by atoms with Crippen LogP contribution < -0.4 is 10.6 Å². The number of amides is 2. The lowest BCUT2D eigenvalue weighted by Crippen LogP contribution is -2.43. The molecule has 2 aliphatic rings. The van der Waals surface area contributed by atoms with E-state index in [2.05, 4.69) is 10.6 Å². The highest BCUT2D eigenvalue weighted by molar-refractivity contribution is 7.92. The van der Waals surface area contributed by atoms with Gasteiger partial charge in [-0.15, -0.1) is 0 Å². The van der Waals surface area contributed by atoms with Crippen LogP contribution >= 0.6 is 11.6 Å². The van der Waals surface area contributed by atoms with E-state index in [9.17, 15) is 31.5 Å². The first kappa shape index (κ1) is 24.7. The molecule has 2 amide bonds. The van der Waals surface area contributed by atoms with E-state index in [1.54, 1.807) is 0 Å². The van der Waals surface area contributed by atoms with Crippen molar-refractivity contribution in [2.45, 2.75) is 55.0 Å². The summed E-state index contributed by atoms with van der Waals surface area (Å²) in [6.45, 7) is 0.700. The second-order valence-corrected chi connectivity index (χ2v) is 10.7. The lowest BCUT2D eigenvalue weighted by atomic mass is 10.1. The van der Waals surface area contributed by atoms with Crippen molar-refractivity contribution in [2.75, 3.05) is 25.0 Å². The zero-order valence-electron chi connectivity index (χ0n) is 17.4. The largest absolute Gasteiger partial charge is 0.504 e. The maximum absolute atomic E-state index is 13.2. The van der Waals surface area contributed by atoms with Crippen LogP contribution in [0.5, 0.6) is 5.75 Å². The number of piperidine rings is 1. The summed E-state index contributed by atoms with van der Waals surface area (Å²) >= 11 is 6.08. The number of halogens is 4. The third-order valence-corrected chi connectivity index (χ3v) is 8.53.